The molecule has 1 aromatic carbocycles. The molecule has 2 heterocycles. The molecule has 1 fully saturated rings. The molecule has 1 amide bonds. The lowest BCUT2D eigenvalue weighted by molar-refractivity contribution is -0.129. The molecule has 2 aromatic rings. The zero-order chi connectivity index (χ0) is 24.3. The fraction of sp³-hybridized carbons (Fsp3) is 0.571. The van der Waals surface area contributed by atoms with E-state index in [1.807, 2.05) is 11.0 Å². The number of carboxylic acids is 1. The summed E-state index contributed by atoms with van der Waals surface area (Å²) in [6.45, 7) is 2.85. The van der Waals surface area contributed by atoms with E-state index in [-0.39, 0.29) is 24.0 Å². The Labute approximate surface area is 207 Å². The minimum Gasteiger partial charge on any atom is -0.477 e. The van der Waals surface area contributed by atoms with Crippen LogP contribution in [0.3, 0.4) is 0 Å². The number of aromatic carboxylic acids is 1. The molecule has 1 aromatic heterocycles. The lowest BCUT2D eigenvalue weighted by atomic mass is 9.92. The fourth-order valence-electron chi connectivity index (χ4n) is 4.91. The Hall–Kier alpha value is -2.18. The van der Waals surface area contributed by atoms with Gasteiger partial charge in [-0.1, -0.05) is 50.1 Å². The average Bonchev–Trinajstić information content (AvgIpc) is 3.45. The Morgan fingerprint density at radius 3 is 2.59 bits per heavy atom. The highest BCUT2D eigenvalue weighted by atomic mass is 32.1. The molecule has 0 spiro atoms. The van der Waals surface area contributed by atoms with Gasteiger partial charge in [-0.05, 0) is 75.0 Å². The summed E-state index contributed by atoms with van der Waals surface area (Å²) in [6.07, 6.45) is 10.1. The van der Waals surface area contributed by atoms with Gasteiger partial charge in [-0.15, -0.1) is 11.3 Å². The predicted octanol–water partition coefficient (Wildman–Crippen LogP) is 5.95. The number of benzene rings is 1. The quantitative estimate of drug-likeness (QED) is 0.306. The second-order valence-corrected chi connectivity index (χ2v) is 10.8. The van der Waals surface area contributed by atoms with Gasteiger partial charge in [0, 0.05) is 23.9 Å². The van der Waals surface area contributed by atoms with Gasteiger partial charge >= 0.3 is 5.97 Å². The zero-order valence-electron chi connectivity index (χ0n) is 20.3. The van der Waals surface area contributed by atoms with Gasteiger partial charge in [0.1, 0.15) is 4.88 Å². The number of likely N-dealkylation sites (tertiary alicyclic amines) is 1. The molecule has 2 N–H and O–H groups in total. The number of carbonyl (C=O) groups is 2. The summed E-state index contributed by atoms with van der Waals surface area (Å²) in [5.41, 5.74) is 1.40. The number of thiophene rings is 1. The number of nitrogens with zero attached hydrogens (tertiary/aromatic N) is 1. The van der Waals surface area contributed by atoms with Crippen molar-refractivity contribution in [2.24, 2.45) is 5.92 Å². The van der Waals surface area contributed by atoms with Crippen molar-refractivity contribution in [3.63, 3.8) is 0 Å². The van der Waals surface area contributed by atoms with Crippen molar-refractivity contribution >= 4 is 23.2 Å². The first-order valence-corrected chi connectivity index (χ1v) is 13.6. The topological polar surface area (TPSA) is 77.8 Å². The van der Waals surface area contributed by atoms with Crippen molar-refractivity contribution in [1.29, 1.82) is 0 Å². The van der Waals surface area contributed by atoms with Crippen LogP contribution in [-0.4, -0.2) is 45.7 Å². The maximum atomic E-state index is 12.4. The van der Waals surface area contributed by atoms with E-state index in [0.29, 0.717) is 17.8 Å². The van der Waals surface area contributed by atoms with Crippen molar-refractivity contribution in [2.45, 2.75) is 89.7 Å². The number of aliphatic hydroxyl groups is 1. The molecule has 1 saturated heterocycles. The van der Waals surface area contributed by atoms with Crippen LogP contribution in [0.4, 0.5) is 0 Å². The van der Waals surface area contributed by atoms with Crippen LogP contribution in [0.2, 0.25) is 0 Å². The second kappa shape index (κ2) is 13.6. The molecule has 0 saturated carbocycles. The van der Waals surface area contributed by atoms with Crippen LogP contribution in [0, 0.1) is 5.92 Å². The first-order chi connectivity index (χ1) is 16.4. The number of aliphatic hydroxyl groups excluding tert-OH is 1. The van der Waals surface area contributed by atoms with Crippen LogP contribution in [0.5, 0.6) is 0 Å². The summed E-state index contributed by atoms with van der Waals surface area (Å²) in [6, 6.07) is 14.3. The lowest BCUT2D eigenvalue weighted by Crippen LogP contribution is -2.35. The highest BCUT2D eigenvalue weighted by Gasteiger charge is 2.31. The third-order valence-electron chi connectivity index (χ3n) is 7.07. The summed E-state index contributed by atoms with van der Waals surface area (Å²) < 4.78 is 0. The summed E-state index contributed by atoms with van der Waals surface area (Å²) in [4.78, 5) is 26.8. The molecular weight excluding hydrogens is 446 g/mol. The fourth-order valence-corrected chi connectivity index (χ4v) is 5.80. The van der Waals surface area contributed by atoms with E-state index in [0.717, 1.165) is 56.2 Å². The lowest BCUT2D eigenvalue weighted by Gasteiger charge is -2.27. The molecule has 6 heteroatoms. The van der Waals surface area contributed by atoms with E-state index in [9.17, 15) is 14.7 Å². The van der Waals surface area contributed by atoms with Gasteiger partial charge in [0.25, 0.3) is 0 Å². The Bertz CT molecular complexity index is 897. The third-order valence-corrected chi connectivity index (χ3v) is 8.20. The minimum atomic E-state index is -0.883. The van der Waals surface area contributed by atoms with Crippen LogP contribution in [-0.2, 0) is 17.6 Å². The second-order valence-electron chi connectivity index (χ2n) is 9.66. The molecule has 0 unspecified atom stereocenters. The molecule has 186 valence electrons. The van der Waals surface area contributed by atoms with Crippen LogP contribution in [0.15, 0.2) is 42.5 Å². The first-order valence-electron chi connectivity index (χ1n) is 12.8. The maximum absolute atomic E-state index is 12.4. The van der Waals surface area contributed by atoms with Crippen LogP contribution in [0.1, 0.15) is 84.8 Å². The smallest absolute Gasteiger partial charge is 0.345 e. The van der Waals surface area contributed by atoms with Gasteiger partial charge in [0.2, 0.25) is 5.91 Å². The van der Waals surface area contributed by atoms with Gasteiger partial charge in [-0.3, -0.25) is 4.79 Å². The van der Waals surface area contributed by atoms with Crippen LogP contribution < -0.4 is 0 Å². The standard InChI is InChI=1S/C28H39NO4S/c1-21(9-4-2-5-10-22-11-6-3-7-12-22)25(30)17-14-23-15-19-27(31)29(23)20-8-13-24-16-18-26(34-24)28(32)33/h3,6-7,11-12,16,18,21,23,25,30H,2,4-5,8-10,13-15,17,19-20H2,1H3,(H,32,33)/t21-,23+,25-/m1/s1. The van der Waals surface area contributed by atoms with E-state index >= 15 is 0 Å². The molecule has 34 heavy (non-hydrogen) atoms. The molecule has 0 radical (unpaired) electrons. The SMILES string of the molecule is C[C@H](CCCCCc1ccccc1)[C@H](O)CC[C@H]1CCC(=O)N1CCCc1ccc(C(=O)O)s1. The first kappa shape index (κ1) is 26.4. The Morgan fingerprint density at radius 1 is 1.06 bits per heavy atom. The van der Waals surface area contributed by atoms with Crippen LogP contribution in [0.25, 0.3) is 0 Å². The Balaban J connectivity index is 1.32. The van der Waals surface area contributed by atoms with Crippen molar-refractivity contribution < 1.29 is 19.8 Å². The van der Waals surface area contributed by atoms with Crippen molar-refractivity contribution in [3.8, 4) is 0 Å². The summed E-state index contributed by atoms with van der Waals surface area (Å²) in [5.74, 6) is -0.390. The molecule has 3 rings (SSSR count). The third kappa shape index (κ3) is 8.24. The predicted molar refractivity (Wildman–Crippen MR) is 137 cm³/mol. The number of hydrogen-bond acceptors (Lipinski definition) is 4. The summed E-state index contributed by atoms with van der Waals surface area (Å²) in [5, 5.41) is 19.7. The normalized spacial score (nSPS) is 17.8. The molecule has 5 nitrogen and oxygen atoms in total. The van der Waals surface area contributed by atoms with Gasteiger partial charge < -0.3 is 15.1 Å². The molecule has 0 bridgehead atoms. The van der Waals surface area contributed by atoms with Gasteiger partial charge in [-0.25, -0.2) is 4.79 Å². The van der Waals surface area contributed by atoms with E-state index in [1.54, 1.807) is 6.07 Å². The number of hydrogen-bond donors (Lipinski definition) is 2. The van der Waals surface area contributed by atoms with Gasteiger partial charge in [0.15, 0.2) is 0 Å². The zero-order valence-corrected chi connectivity index (χ0v) is 21.1. The Morgan fingerprint density at radius 2 is 1.85 bits per heavy atom. The van der Waals surface area contributed by atoms with Gasteiger partial charge in [0.05, 0.1) is 6.10 Å². The van der Waals surface area contributed by atoms with E-state index < -0.39 is 5.97 Å². The van der Waals surface area contributed by atoms with Crippen molar-refractivity contribution in [1.82, 2.24) is 4.90 Å². The summed E-state index contributed by atoms with van der Waals surface area (Å²) in [7, 11) is 0. The number of amides is 1. The molecule has 1 aliphatic rings. The van der Waals surface area contributed by atoms with Crippen molar-refractivity contribution in [2.75, 3.05) is 6.54 Å². The highest BCUT2D eigenvalue weighted by Crippen LogP contribution is 2.26. The highest BCUT2D eigenvalue weighted by molar-refractivity contribution is 7.13. The monoisotopic (exact) mass is 485 g/mol. The summed E-state index contributed by atoms with van der Waals surface area (Å²) >= 11 is 1.31. The molecular formula is C28H39NO4S. The number of rotatable bonds is 15. The number of carboxylic acid groups (broad SMARTS) is 1. The molecule has 3 atom stereocenters. The number of unbranched alkanes of at least 4 members (excludes halogenated alkanes) is 2. The van der Waals surface area contributed by atoms with E-state index in [1.165, 1.54) is 29.7 Å². The molecule has 1 aliphatic heterocycles. The largest absolute Gasteiger partial charge is 0.477 e. The number of carbonyl (C=O) groups excluding carboxylic acids is 1. The van der Waals surface area contributed by atoms with Crippen molar-refractivity contribution in [3.05, 3.63) is 57.8 Å². The average molecular weight is 486 g/mol. The Kier molecular flexibility index (Phi) is 10.6. The minimum absolute atomic E-state index is 0.211. The molecule has 0 aliphatic carbocycles. The van der Waals surface area contributed by atoms with Crippen LogP contribution >= 0.6 is 11.3 Å². The van der Waals surface area contributed by atoms with E-state index in [2.05, 4.69) is 37.3 Å². The van der Waals surface area contributed by atoms with E-state index in [4.69, 9.17) is 5.11 Å². The van der Waals surface area contributed by atoms with Gasteiger partial charge in [-0.2, -0.15) is 0 Å². The maximum Gasteiger partial charge on any atom is 0.345 e. The number of aryl methyl sites for hydroxylation is 2.